The van der Waals surface area contributed by atoms with E-state index in [1.807, 2.05) is 0 Å². The fourth-order valence-electron chi connectivity index (χ4n) is 6.06. The van der Waals surface area contributed by atoms with E-state index < -0.39 is 79.7 Å². The lowest BCUT2D eigenvalue weighted by Gasteiger charge is -2.40. The highest BCUT2D eigenvalue weighted by Gasteiger charge is 2.44. The van der Waals surface area contributed by atoms with Gasteiger partial charge in [-0.1, -0.05) is 96.1 Å². The fourth-order valence-corrected chi connectivity index (χ4v) is 6.06. The predicted octanol–water partition coefficient (Wildman–Crippen LogP) is 4.41. The van der Waals surface area contributed by atoms with Crippen LogP contribution in [0.25, 0.3) is 0 Å². The number of unbranched alkanes of at least 4 members (excludes halogenated alkanes) is 11. The van der Waals surface area contributed by atoms with E-state index in [1.165, 1.54) is 57.4 Å². The average Bonchev–Trinajstić information content (AvgIpc) is 3.12. The SMILES string of the molecule is CCCCCCCCCCCCCC[C@@H](O)[C@@H](O)[C@H](CO[C@H]1OC(CO)[C@H](O)[C@H](O)C1O)NC(=O)Cc1ccc(Oc2ccc(F)c(F)c2)cc1. The number of carbonyl (C=O) groups excluding carboxylic acids is 1. The van der Waals surface area contributed by atoms with Crippen LogP contribution in [-0.4, -0.2) is 98.7 Å². The number of ether oxygens (including phenoxy) is 3. The zero-order valence-electron chi connectivity index (χ0n) is 29.5. The molecule has 8 atom stereocenters. The third-order valence-corrected chi connectivity index (χ3v) is 9.21. The molecule has 1 aliphatic heterocycles. The maximum absolute atomic E-state index is 13.5. The molecule has 3 rings (SSSR count). The molecule has 288 valence electrons. The molecule has 2 aromatic rings. The van der Waals surface area contributed by atoms with Gasteiger partial charge < -0.3 is 50.2 Å². The third kappa shape index (κ3) is 14.7. The summed E-state index contributed by atoms with van der Waals surface area (Å²) in [6, 6.07) is 8.30. The van der Waals surface area contributed by atoms with Gasteiger partial charge in [0.25, 0.3) is 0 Å². The summed E-state index contributed by atoms with van der Waals surface area (Å²) in [4.78, 5) is 13.1. The van der Waals surface area contributed by atoms with E-state index in [0.717, 1.165) is 31.4 Å². The van der Waals surface area contributed by atoms with Crippen molar-refractivity contribution >= 4 is 5.91 Å². The molecule has 0 radical (unpaired) electrons. The van der Waals surface area contributed by atoms with E-state index in [2.05, 4.69) is 12.2 Å². The predicted molar refractivity (Wildman–Crippen MR) is 186 cm³/mol. The maximum atomic E-state index is 13.5. The van der Waals surface area contributed by atoms with Gasteiger partial charge in [-0.2, -0.15) is 0 Å². The number of nitrogens with one attached hydrogen (secondary N) is 1. The summed E-state index contributed by atoms with van der Waals surface area (Å²) >= 11 is 0. The van der Waals surface area contributed by atoms with Crippen molar-refractivity contribution in [3.05, 3.63) is 59.7 Å². The minimum Gasteiger partial charge on any atom is -0.457 e. The summed E-state index contributed by atoms with van der Waals surface area (Å²) in [7, 11) is 0. The number of hydrogen-bond acceptors (Lipinski definition) is 10. The summed E-state index contributed by atoms with van der Waals surface area (Å²) in [5, 5.41) is 64.8. The highest BCUT2D eigenvalue weighted by atomic mass is 19.2. The Morgan fingerprint density at radius 2 is 1.39 bits per heavy atom. The molecule has 51 heavy (non-hydrogen) atoms. The highest BCUT2D eigenvalue weighted by Crippen LogP contribution is 2.25. The lowest BCUT2D eigenvalue weighted by atomic mass is 9.98. The van der Waals surface area contributed by atoms with Gasteiger partial charge in [0.15, 0.2) is 17.9 Å². The summed E-state index contributed by atoms with van der Waals surface area (Å²) in [5.41, 5.74) is 0.560. The average molecular weight is 726 g/mol. The van der Waals surface area contributed by atoms with Gasteiger partial charge in [-0.05, 0) is 36.2 Å². The molecule has 0 aliphatic carbocycles. The van der Waals surface area contributed by atoms with Crippen LogP contribution in [0.15, 0.2) is 42.5 Å². The molecule has 1 aliphatic rings. The van der Waals surface area contributed by atoms with E-state index in [4.69, 9.17) is 14.2 Å². The lowest BCUT2D eigenvalue weighted by Crippen LogP contribution is -2.60. The molecule has 2 unspecified atom stereocenters. The van der Waals surface area contributed by atoms with Crippen molar-refractivity contribution in [3.63, 3.8) is 0 Å². The van der Waals surface area contributed by atoms with Crippen LogP contribution in [0.3, 0.4) is 0 Å². The second kappa shape index (κ2) is 23.0. The van der Waals surface area contributed by atoms with Crippen LogP contribution in [0.2, 0.25) is 0 Å². The molecule has 0 aromatic heterocycles. The minimum absolute atomic E-state index is 0.0951. The Morgan fingerprint density at radius 3 is 1.98 bits per heavy atom. The van der Waals surface area contributed by atoms with Crippen molar-refractivity contribution in [1.29, 1.82) is 0 Å². The number of aliphatic hydroxyl groups is 6. The molecule has 0 spiro atoms. The number of aliphatic hydroxyl groups excluding tert-OH is 6. The Bertz CT molecular complexity index is 1270. The molecule has 1 fully saturated rings. The van der Waals surface area contributed by atoms with Gasteiger partial charge in [-0.15, -0.1) is 0 Å². The quantitative estimate of drug-likeness (QED) is 0.0767. The van der Waals surface area contributed by atoms with Gasteiger partial charge in [-0.3, -0.25) is 4.79 Å². The topological polar surface area (TPSA) is 178 Å². The van der Waals surface area contributed by atoms with Gasteiger partial charge in [0.05, 0.1) is 31.8 Å². The highest BCUT2D eigenvalue weighted by molar-refractivity contribution is 5.79. The van der Waals surface area contributed by atoms with E-state index >= 15 is 0 Å². The summed E-state index contributed by atoms with van der Waals surface area (Å²) in [6.45, 7) is 1.12. The van der Waals surface area contributed by atoms with Crippen LogP contribution in [0.4, 0.5) is 8.78 Å². The molecular formula is C38H57F2NO10. The van der Waals surface area contributed by atoms with E-state index in [1.54, 1.807) is 24.3 Å². The third-order valence-electron chi connectivity index (χ3n) is 9.21. The standard InChI is InChI=1S/C38H57F2NO10/c1-2-3-4-5-6-7-8-9-10-11-12-13-14-31(43)34(45)30(24-49-38-37(48)36(47)35(46)32(23-42)51-38)41-33(44)21-25-15-17-26(18-16-25)50-27-19-20-28(39)29(40)22-27/h15-20,22,30-32,34-38,42-43,45-48H,2-14,21,23-24H2,1H3,(H,41,44)/t30-,31+,32?,34-,35-,36-,37?,38-/m0/s1. The summed E-state index contributed by atoms with van der Waals surface area (Å²) in [6.07, 6.45) is 3.60. The molecular weight excluding hydrogens is 668 g/mol. The van der Waals surface area contributed by atoms with Crippen LogP contribution in [0, 0.1) is 11.6 Å². The van der Waals surface area contributed by atoms with Crippen molar-refractivity contribution in [1.82, 2.24) is 5.32 Å². The molecule has 1 saturated heterocycles. The number of hydrogen-bond donors (Lipinski definition) is 7. The zero-order valence-corrected chi connectivity index (χ0v) is 29.5. The number of halogens is 2. The van der Waals surface area contributed by atoms with Crippen molar-refractivity contribution in [2.24, 2.45) is 0 Å². The summed E-state index contributed by atoms with van der Waals surface area (Å²) < 4.78 is 43.3. The number of benzene rings is 2. The van der Waals surface area contributed by atoms with Crippen LogP contribution in [0.5, 0.6) is 11.5 Å². The van der Waals surface area contributed by atoms with Crippen LogP contribution < -0.4 is 10.1 Å². The van der Waals surface area contributed by atoms with Gasteiger partial charge >= 0.3 is 0 Å². The number of carbonyl (C=O) groups is 1. The molecule has 7 N–H and O–H groups in total. The van der Waals surface area contributed by atoms with Crippen molar-refractivity contribution in [2.45, 2.75) is 146 Å². The lowest BCUT2D eigenvalue weighted by molar-refractivity contribution is -0.303. The first-order chi connectivity index (χ1) is 24.5. The monoisotopic (exact) mass is 725 g/mol. The van der Waals surface area contributed by atoms with Gasteiger partial charge in [0.2, 0.25) is 5.91 Å². The maximum Gasteiger partial charge on any atom is 0.224 e. The second-order valence-corrected chi connectivity index (χ2v) is 13.4. The Kier molecular flexibility index (Phi) is 19.3. The first kappa shape index (κ1) is 42.7. The Balaban J connectivity index is 1.53. The Hall–Kier alpha value is -2.75. The molecule has 1 heterocycles. The van der Waals surface area contributed by atoms with Crippen molar-refractivity contribution < 1.29 is 58.4 Å². The van der Waals surface area contributed by atoms with E-state index in [0.29, 0.717) is 17.7 Å². The first-order valence-corrected chi connectivity index (χ1v) is 18.3. The molecule has 13 heteroatoms. The Labute approximate surface area is 299 Å². The number of amides is 1. The summed E-state index contributed by atoms with van der Waals surface area (Å²) in [5.74, 6) is -2.15. The van der Waals surface area contributed by atoms with Crippen molar-refractivity contribution in [3.8, 4) is 11.5 Å². The smallest absolute Gasteiger partial charge is 0.224 e. The van der Waals surface area contributed by atoms with E-state index in [-0.39, 0.29) is 18.6 Å². The minimum atomic E-state index is -1.69. The molecule has 1 amide bonds. The van der Waals surface area contributed by atoms with Crippen LogP contribution in [-0.2, 0) is 20.7 Å². The van der Waals surface area contributed by atoms with Gasteiger partial charge in [0, 0.05) is 6.07 Å². The van der Waals surface area contributed by atoms with Crippen molar-refractivity contribution in [2.75, 3.05) is 13.2 Å². The van der Waals surface area contributed by atoms with Gasteiger partial charge in [0.1, 0.15) is 42.0 Å². The van der Waals surface area contributed by atoms with Gasteiger partial charge in [-0.25, -0.2) is 8.78 Å². The molecule has 0 bridgehead atoms. The normalized spacial score (nSPS) is 22.3. The second-order valence-electron chi connectivity index (χ2n) is 13.4. The molecule has 2 aromatic carbocycles. The van der Waals surface area contributed by atoms with Crippen LogP contribution >= 0.6 is 0 Å². The van der Waals surface area contributed by atoms with Crippen LogP contribution in [0.1, 0.15) is 96.0 Å². The first-order valence-electron chi connectivity index (χ1n) is 18.3. The molecule has 11 nitrogen and oxygen atoms in total. The Morgan fingerprint density at radius 1 is 0.804 bits per heavy atom. The number of rotatable bonds is 24. The fraction of sp³-hybridized carbons (Fsp3) is 0.658. The molecule has 0 saturated carbocycles. The largest absolute Gasteiger partial charge is 0.457 e. The van der Waals surface area contributed by atoms with E-state index in [9.17, 15) is 44.2 Å². The zero-order chi connectivity index (χ0) is 37.2.